The Hall–Kier alpha value is -6.55. The minimum atomic E-state index is -0.0754. The van der Waals surface area contributed by atoms with Crippen molar-refractivity contribution < 1.29 is 9.59 Å². The Morgan fingerprint density at radius 2 is 1.05 bits per heavy atom. The van der Waals surface area contributed by atoms with Crippen LogP contribution >= 0.6 is 0 Å². The van der Waals surface area contributed by atoms with Crippen LogP contribution in [0.3, 0.4) is 0 Å². The van der Waals surface area contributed by atoms with Crippen molar-refractivity contribution in [3.63, 3.8) is 0 Å². The Bertz CT molecular complexity index is 2450. The molecule has 0 fully saturated rings. The Morgan fingerprint density at radius 1 is 0.554 bits per heavy atom. The summed E-state index contributed by atoms with van der Waals surface area (Å²) in [4.78, 5) is 40.3. The topological polar surface area (TPSA) is 112 Å². The molecule has 0 atom stereocenters. The Morgan fingerprint density at radius 3 is 1.55 bits per heavy atom. The van der Waals surface area contributed by atoms with Gasteiger partial charge in [-0.25, -0.2) is 0 Å². The summed E-state index contributed by atoms with van der Waals surface area (Å²) in [5.74, 6) is 1.72. The fourth-order valence-corrected chi connectivity index (χ4v) is 8.18. The molecule has 0 saturated heterocycles. The summed E-state index contributed by atoms with van der Waals surface area (Å²) in [7, 11) is 0. The number of hydrogen-bond acceptors (Lipinski definition) is 7. The number of fused-ring (bicyclic) bond motifs is 2. The molecule has 0 saturated carbocycles. The van der Waals surface area contributed by atoms with Gasteiger partial charge in [0, 0.05) is 83.2 Å². The second-order valence-electron chi connectivity index (χ2n) is 16.6. The molecule has 0 aliphatic heterocycles. The summed E-state index contributed by atoms with van der Waals surface area (Å²) in [5.41, 5.74) is 9.23. The lowest BCUT2D eigenvalue weighted by molar-refractivity contribution is 0.0901. The quantitative estimate of drug-likeness (QED) is 0.152. The summed E-state index contributed by atoms with van der Waals surface area (Å²) < 4.78 is 6.38. The molecule has 10 nitrogen and oxygen atoms in total. The Balaban J connectivity index is 1.01. The SMILES string of the molecule is CC1(C)CC(=O)c2ccn(-c3ccc(Nc4nc(Nc5ccc(-n6ccc7c6CC(C)(C)CC7=O)cc5)nc(-c5cccn5Cc5ccccc5)n4)cc3)c2C1. The summed E-state index contributed by atoms with van der Waals surface area (Å²) in [5, 5.41) is 6.84. The number of carbonyl (C=O) groups is 2. The van der Waals surface area contributed by atoms with E-state index in [1.165, 1.54) is 5.56 Å². The van der Waals surface area contributed by atoms with E-state index in [-0.39, 0.29) is 22.4 Å². The van der Waals surface area contributed by atoms with Crippen molar-refractivity contribution in [2.45, 2.75) is 59.9 Å². The first kappa shape index (κ1) is 35.2. The summed E-state index contributed by atoms with van der Waals surface area (Å²) >= 11 is 0. The van der Waals surface area contributed by atoms with Crippen LogP contribution in [0, 0.1) is 10.8 Å². The molecule has 2 aliphatic carbocycles. The maximum absolute atomic E-state index is 12.9. The van der Waals surface area contributed by atoms with Gasteiger partial charge in [-0.05, 0) is 102 Å². The third kappa shape index (κ3) is 6.94. The molecular formula is C46H44N8O2. The molecule has 56 heavy (non-hydrogen) atoms. The smallest absolute Gasteiger partial charge is 0.232 e. The molecule has 0 radical (unpaired) electrons. The first-order valence-corrected chi connectivity index (χ1v) is 19.1. The normalized spacial score (nSPS) is 15.6. The number of anilines is 4. The fraction of sp³-hybridized carbons (Fsp3) is 0.239. The van der Waals surface area contributed by atoms with Crippen LogP contribution in [0.5, 0.6) is 0 Å². The van der Waals surface area contributed by atoms with E-state index in [4.69, 9.17) is 15.0 Å². The average Bonchev–Trinajstić information content (AvgIpc) is 3.91. The van der Waals surface area contributed by atoms with Crippen molar-refractivity contribution in [1.82, 2.24) is 28.7 Å². The molecule has 0 amide bonds. The van der Waals surface area contributed by atoms with Gasteiger partial charge in [-0.2, -0.15) is 15.0 Å². The van der Waals surface area contributed by atoms with Gasteiger partial charge < -0.3 is 24.3 Å². The van der Waals surface area contributed by atoms with Crippen molar-refractivity contribution in [1.29, 1.82) is 0 Å². The van der Waals surface area contributed by atoms with Crippen molar-refractivity contribution >= 4 is 34.8 Å². The lowest BCUT2D eigenvalue weighted by atomic mass is 9.76. The third-order valence-corrected chi connectivity index (χ3v) is 10.8. The Kier molecular flexibility index (Phi) is 8.56. The zero-order valence-electron chi connectivity index (χ0n) is 32.1. The maximum Gasteiger partial charge on any atom is 0.232 e. The van der Waals surface area contributed by atoms with E-state index in [1.807, 2.05) is 110 Å². The highest BCUT2D eigenvalue weighted by atomic mass is 16.1. The van der Waals surface area contributed by atoms with Crippen molar-refractivity contribution in [2.75, 3.05) is 10.6 Å². The molecule has 9 rings (SSSR count). The minimum Gasteiger partial charge on any atom is -0.341 e. The largest absolute Gasteiger partial charge is 0.341 e. The second kappa shape index (κ2) is 13.6. The predicted octanol–water partition coefficient (Wildman–Crippen LogP) is 9.77. The number of benzene rings is 3. The average molecular weight is 741 g/mol. The highest BCUT2D eigenvalue weighted by Crippen LogP contribution is 2.38. The number of hydrogen-bond donors (Lipinski definition) is 2. The Labute approximate surface area is 326 Å². The van der Waals surface area contributed by atoms with Gasteiger partial charge in [0.2, 0.25) is 11.9 Å². The number of rotatable bonds is 9. The van der Waals surface area contributed by atoms with E-state index in [2.05, 4.69) is 64.2 Å². The highest BCUT2D eigenvalue weighted by Gasteiger charge is 2.34. The van der Waals surface area contributed by atoms with Gasteiger partial charge in [-0.3, -0.25) is 9.59 Å². The first-order valence-electron chi connectivity index (χ1n) is 19.1. The van der Waals surface area contributed by atoms with E-state index in [0.29, 0.717) is 37.1 Å². The highest BCUT2D eigenvalue weighted by molar-refractivity contribution is 5.99. The van der Waals surface area contributed by atoms with Gasteiger partial charge in [0.25, 0.3) is 0 Å². The van der Waals surface area contributed by atoms with Crippen molar-refractivity contribution in [3.8, 4) is 22.9 Å². The van der Waals surface area contributed by atoms with Gasteiger partial charge in [0.1, 0.15) is 0 Å². The van der Waals surface area contributed by atoms with Crippen LogP contribution in [0.25, 0.3) is 22.9 Å². The summed E-state index contributed by atoms with van der Waals surface area (Å²) in [6, 6.07) is 34.4. The molecule has 280 valence electrons. The molecule has 2 aliphatic rings. The number of aromatic nitrogens is 6. The van der Waals surface area contributed by atoms with Gasteiger partial charge in [-0.15, -0.1) is 0 Å². The molecule has 3 aromatic carbocycles. The van der Waals surface area contributed by atoms with E-state index >= 15 is 0 Å². The molecule has 4 aromatic heterocycles. The number of carbonyl (C=O) groups excluding carboxylic acids is 2. The standard InChI is InChI=1S/C46H44N8O2/c1-45(2)25-38-35(40(55)27-45)20-23-53(38)33-16-12-31(13-17-33)47-43-49-42(37-11-8-22-52(37)29-30-9-6-5-7-10-30)50-44(51-43)48-32-14-18-34(19-15-32)54-24-21-36-39(54)26-46(3,4)28-41(36)56/h5-24H,25-29H2,1-4H3,(H2,47,48,49,50,51). The number of ketones is 2. The number of nitrogens with one attached hydrogen (secondary N) is 2. The zero-order chi connectivity index (χ0) is 38.6. The van der Waals surface area contributed by atoms with Crippen LogP contribution < -0.4 is 10.6 Å². The predicted molar refractivity (Wildman–Crippen MR) is 220 cm³/mol. The number of Topliss-reactive ketones (excluding diaryl/α,β-unsaturated/α-hetero) is 2. The van der Waals surface area contributed by atoms with E-state index in [1.54, 1.807) is 0 Å². The maximum atomic E-state index is 12.9. The van der Waals surface area contributed by atoms with Crippen LogP contribution in [-0.2, 0) is 19.4 Å². The van der Waals surface area contributed by atoms with Crippen LogP contribution in [-0.4, -0.2) is 40.2 Å². The van der Waals surface area contributed by atoms with Crippen molar-refractivity contribution in [3.05, 3.63) is 150 Å². The van der Waals surface area contributed by atoms with Gasteiger partial charge in [-0.1, -0.05) is 58.0 Å². The van der Waals surface area contributed by atoms with Crippen molar-refractivity contribution in [2.24, 2.45) is 10.8 Å². The minimum absolute atomic E-state index is 0.0754. The number of nitrogens with zero attached hydrogens (tertiary/aromatic N) is 6. The van der Waals surface area contributed by atoms with E-state index in [9.17, 15) is 9.59 Å². The molecular weight excluding hydrogens is 697 g/mol. The zero-order valence-corrected chi connectivity index (χ0v) is 32.1. The molecule has 0 bridgehead atoms. The molecule has 7 aromatic rings. The molecule has 4 heterocycles. The lowest BCUT2D eigenvalue weighted by Gasteiger charge is -2.29. The van der Waals surface area contributed by atoms with Gasteiger partial charge >= 0.3 is 0 Å². The third-order valence-electron chi connectivity index (χ3n) is 10.8. The van der Waals surface area contributed by atoms with Crippen LogP contribution in [0.1, 0.15) is 78.2 Å². The van der Waals surface area contributed by atoms with Crippen LogP contribution in [0.2, 0.25) is 0 Å². The molecule has 0 spiro atoms. The first-order chi connectivity index (χ1) is 27.0. The second-order valence-corrected chi connectivity index (χ2v) is 16.6. The monoisotopic (exact) mass is 740 g/mol. The van der Waals surface area contributed by atoms with E-state index in [0.717, 1.165) is 63.8 Å². The van der Waals surface area contributed by atoms with Gasteiger partial charge in [0.05, 0.1) is 5.69 Å². The lowest BCUT2D eigenvalue weighted by Crippen LogP contribution is -2.27. The van der Waals surface area contributed by atoms with E-state index < -0.39 is 0 Å². The molecule has 0 unspecified atom stereocenters. The molecule has 10 heteroatoms. The summed E-state index contributed by atoms with van der Waals surface area (Å²) in [6.07, 6.45) is 8.84. The van der Waals surface area contributed by atoms with Crippen LogP contribution in [0.15, 0.2) is 122 Å². The van der Waals surface area contributed by atoms with Gasteiger partial charge in [0.15, 0.2) is 17.4 Å². The molecule has 2 N–H and O–H groups in total. The summed E-state index contributed by atoms with van der Waals surface area (Å²) in [6.45, 7) is 9.27. The van der Waals surface area contributed by atoms with Crippen LogP contribution in [0.4, 0.5) is 23.3 Å². The fourth-order valence-electron chi connectivity index (χ4n) is 8.18.